The molecule has 2 aliphatic heterocycles. The van der Waals surface area contributed by atoms with Crippen molar-refractivity contribution in [3.05, 3.63) is 59.7 Å². The summed E-state index contributed by atoms with van der Waals surface area (Å²) in [7, 11) is 0. The molecule has 35 heavy (non-hydrogen) atoms. The van der Waals surface area contributed by atoms with Crippen LogP contribution in [-0.4, -0.2) is 90.3 Å². The van der Waals surface area contributed by atoms with Gasteiger partial charge in [-0.25, -0.2) is 0 Å². The molecular formula is C28H39N3O4. The molecule has 1 amide bonds. The van der Waals surface area contributed by atoms with Crippen molar-refractivity contribution in [3.8, 4) is 11.5 Å². The highest BCUT2D eigenvalue weighted by atomic mass is 16.5. The molecule has 1 unspecified atom stereocenters. The van der Waals surface area contributed by atoms with Gasteiger partial charge in [0.1, 0.15) is 30.3 Å². The lowest BCUT2D eigenvalue weighted by atomic mass is 10.0. The van der Waals surface area contributed by atoms with Crippen LogP contribution < -0.4 is 9.47 Å². The van der Waals surface area contributed by atoms with Crippen LogP contribution in [0.25, 0.3) is 0 Å². The SMILES string of the molecule is CC(=O)N1CCN(Cc2cccc(OCCN3CCCC3)c2)CC(O)(COc2ccc(C)cc2)C1. The predicted molar refractivity (Wildman–Crippen MR) is 137 cm³/mol. The summed E-state index contributed by atoms with van der Waals surface area (Å²) in [4.78, 5) is 18.6. The third-order valence-corrected chi connectivity index (χ3v) is 6.84. The number of β-amino-alcohol motifs (C(OH)–C–C–N with tert-alkyl or cyclic N) is 1. The average molecular weight is 482 g/mol. The van der Waals surface area contributed by atoms with E-state index in [-0.39, 0.29) is 19.1 Å². The molecule has 1 atom stereocenters. The first kappa shape index (κ1) is 25.5. The van der Waals surface area contributed by atoms with Gasteiger partial charge >= 0.3 is 0 Å². The Morgan fingerprint density at radius 3 is 2.46 bits per heavy atom. The van der Waals surface area contributed by atoms with Gasteiger partial charge in [-0.15, -0.1) is 0 Å². The lowest BCUT2D eigenvalue weighted by Crippen LogP contribution is -2.51. The zero-order valence-electron chi connectivity index (χ0n) is 21.1. The van der Waals surface area contributed by atoms with Gasteiger partial charge in [0.05, 0.1) is 6.54 Å². The topological polar surface area (TPSA) is 65.5 Å². The summed E-state index contributed by atoms with van der Waals surface area (Å²) in [5.74, 6) is 1.56. The number of ether oxygens (including phenoxy) is 2. The second-order valence-corrected chi connectivity index (χ2v) is 10.0. The highest BCUT2D eigenvalue weighted by Gasteiger charge is 2.37. The largest absolute Gasteiger partial charge is 0.492 e. The summed E-state index contributed by atoms with van der Waals surface area (Å²) in [5, 5.41) is 11.5. The molecule has 7 nitrogen and oxygen atoms in total. The third-order valence-electron chi connectivity index (χ3n) is 6.84. The minimum atomic E-state index is -1.17. The summed E-state index contributed by atoms with van der Waals surface area (Å²) in [6.07, 6.45) is 2.57. The normalized spacial score (nSPS) is 21.6. The Morgan fingerprint density at radius 2 is 1.71 bits per heavy atom. The number of amides is 1. The van der Waals surface area contributed by atoms with Crippen LogP contribution in [0.2, 0.25) is 0 Å². The first-order valence-electron chi connectivity index (χ1n) is 12.7. The number of likely N-dealkylation sites (tertiary alicyclic amines) is 1. The van der Waals surface area contributed by atoms with E-state index in [1.54, 1.807) is 11.8 Å². The number of aliphatic hydroxyl groups is 1. The van der Waals surface area contributed by atoms with Crippen LogP contribution in [0.15, 0.2) is 48.5 Å². The van der Waals surface area contributed by atoms with Crippen molar-refractivity contribution in [2.75, 3.05) is 59.0 Å². The molecule has 2 fully saturated rings. The molecule has 0 bridgehead atoms. The summed E-state index contributed by atoms with van der Waals surface area (Å²) in [5.41, 5.74) is 1.11. The van der Waals surface area contributed by atoms with Crippen molar-refractivity contribution in [1.82, 2.24) is 14.7 Å². The van der Waals surface area contributed by atoms with Gasteiger partial charge in [0.2, 0.25) is 5.91 Å². The van der Waals surface area contributed by atoms with E-state index in [0.29, 0.717) is 38.5 Å². The lowest BCUT2D eigenvalue weighted by Gasteiger charge is -2.32. The Bertz CT molecular complexity index is 961. The molecule has 0 aliphatic carbocycles. The van der Waals surface area contributed by atoms with Gasteiger partial charge in [-0.3, -0.25) is 14.6 Å². The van der Waals surface area contributed by atoms with Gasteiger partial charge in [0.25, 0.3) is 0 Å². The first-order chi connectivity index (χ1) is 16.9. The van der Waals surface area contributed by atoms with Crippen LogP contribution in [0.3, 0.4) is 0 Å². The van der Waals surface area contributed by atoms with Crippen LogP contribution >= 0.6 is 0 Å². The van der Waals surface area contributed by atoms with Gasteiger partial charge in [0, 0.05) is 39.6 Å². The van der Waals surface area contributed by atoms with Crippen LogP contribution in [-0.2, 0) is 11.3 Å². The van der Waals surface area contributed by atoms with Gasteiger partial charge in [-0.05, 0) is 62.7 Å². The molecule has 0 radical (unpaired) electrons. The van der Waals surface area contributed by atoms with E-state index in [9.17, 15) is 9.90 Å². The zero-order valence-corrected chi connectivity index (χ0v) is 21.1. The molecule has 2 aliphatic rings. The molecule has 0 saturated carbocycles. The molecule has 2 aromatic rings. The monoisotopic (exact) mass is 481 g/mol. The Hall–Kier alpha value is -2.61. The van der Waals surface area contributed by atoms with Gasteiger partial charge in [-0.2, -0.15) is 0 Å². The molecule has 2 heterocycles. The molecule has 2 aromatic carbocycles. The summed E-state index contributed by atoms with van der Waals surface area (Å²) in [6.45, 7) is 10.3. The van der Waals surface area contributed by atoms with Crippen molar-refractivity contribution < 1.29 is 19.4 Å². The number of carbonyl (C=O) groups excluding carboxylic acids is 1. The third kappa shape index (κ3) is 7.69. The minimum absolute atomic E-state index is 0.0333. The van der Waals surface area contributed by atoms with Crippen molar-refractivity contribution in [2.24, 2.45) is 0 Å². The summed E-state index contributed by atoms with van der Waals surface area (Å²) in [6, 6.07) is 16.0. The predicted octanol–water partition coefficient (Wildman–Crippen LogP) is 2.94. The van der Waals surface area contributed by atoms with E-state index < -0.39 is 5.60 Å². The van der Waals surface area contributed by atoms with Crippen LogP contribution in [0.4, 0.5) is 0 Å². The fraction of sp³-hybridized carbons (Fsp3) is 0.536. The molecule has 4 rings (SSSR count). The molecule has 190 valence electrons. The average Bonchev–Trinajstić information content (AvgIpc) is 3.29. The van der Waals surface area contributed by atoms with E-state index in [1.165, 1.54) is 25.9 Å². The Kier molecular flexibility index (Phi) is 8.65. The summed E-state index contributed by atoms with van der Waals surface area (Å²) < 4.78 is 12.0. The quantitative estimate of drug-likeness (QED) is 0.594. The number of carbonyl (C=O) groups is 1. The Morgan fingerprint density at radius 1 is 0.943 bits per heavy atom. The highest BCUT2D eigenvalue weighted by molar-refractivity contribution is 5.73. The Labute approximate surface area is 209 Å². The van der Waals surface area contributed by atoms with Crippen LogP contribution in [0.1, 0.15) is 30.9 Å². The Balaban J connectivity index is 1.37. The molecule has 0 aromatic heterocycles. The standard InChI is InChI=1S/C28H39N3O4/c1-23-8-10-26(11-9-23)35-22-28(33)20-30(14-15-31(21-28)24(2)32)19-25-6-5-7-27(18-25)34-17-16-29-12-3-4-13-29/h5-11,18,33H,3-4,12-17,19-22H2,1-2H3. The molecule has 7 heteroatoms. The maximum atomic E-state index is 12.2. The number of aryl methyl sites for hydroxylation is 1. The molecule has 0 spiro atoms. The molecule has 2 saturated heterocycles. The second kappa shape index (κ2) is 11.9. The fourth-order valence-electron chi connectivity index (χ4n) is 4.88. The minimum Gasteiger partial charge on any atom is -0.492 e. The highest BCUT2D eigenvalue weighted by Crippen LogP contribution is 2.22. The van der Waals surface area contributed by atoms with Crippen LogP contribution in [0, 0.1) is 6.92 Å². The van der Waals surface area contributed by atoms with E-state index in [1.807, 2.05) is 43.3 Å². The number of nitrogens with zero attached hydrogens (tertiary/aromatic N) is 3. The van der Waals surface area contributed by atoms with Crippen molar-refractivity contribution in [2.45, 2.75) is 38.8 Å². The number of rotatable bonds is 9. The van der Waals surface area contributed by atoms with Crippen molar-refractivity contribution in [3.63, 3.8) is 0 Å². The summed E-state index contributed by atoms with van der Waals surface area (Å²) >= 11 is 0. The lowest BCUT2D eigenvalue weighted by molar-refractivity contribution is -0.132. The first-order valence-corrected chi connectivity index (χ1v) is 12.7. The number of hydrogen-bond donors (Lipinski definition) is 1. The fourth-order valence-corrected chi connectivity index (χ4v) is 4.88. The van der Waals surface area contributed by atoms with Gasteiger partial charge in [-0.1, -0.05) is 29.8 Å². The number of benzene rings is 2. The van der Waals surface area contributed by atoms with E-state index in [4.69, 9.17) is 9.47 Å². The van der Waals surface area contributed by atoms with Crippen molar-refractivity contribution >= 4 is 5.91 Å². The van der Waals surface area contributed by atoms with Gasteiger partial charge in [0.15, 0.2) is 0 Å². The maximum absolute atomic E-state index is 12.2. The van der Waals surface area contributed by atoms with Crippen molar-refractivity contribution in [1.29, 1.82) is 0 Å². The molecule has 1 N–H and O–H groups in total. The van der Waals surface area contributed by atoms with Gasteiger partial charge < -0.3 is 19.5 Å². The number of hydrogen-bond acceptors (Lipinski definition) is 6. The van der Waals surface area contributed by atoms with E-state index in [0.717, 1.165) is 23.4 Å². The molecular weight excluding hydrogens is 442 g/mol. The van der Waals surface area contributed by atoms with E-state index >= 15 is 0 Å². The second-order valence-electron chi connectivity index (χ2n) is 10.0. The smallest absolute Gasteiger partial charge is 0.219 e. The maximum Gasteiger partial charge on any atom is 0.219 e. The van der Waals surface area contributed by atoms with Crippen LogP contribution in [0.5, 0.6) is 11.5 Å². The van der Waals surface area contributed by atoms with E-state index in [2.05, 4.69) is 21.9 Å². The zero-order chi connectivity index (χ0) is 24.7.